The summed E-state index contributed by atoms with van der Waals surface area (Å²) in [5.74, 6) is 1.98. The fourth-order valence-electron chi connectivity index (χ4n) is 1.58. The van der Waals surface area contributed by atoms with Crippen LogP contribution in [0.5, 0.6) is 23.3 Å². The Hall–Kier alpha value is -2.91. The minimum Gasteiger partial charge on any atom is -0.481 e. The van der Waals surface area contributed by atoms with E-state index < -0.39 is 0 Å². The maximum atomic E-state index is 10.7. The Balaban J connectivity index is 0.000000263. The van der Waals surface area contributed by atoms with Crippen molar-refractivity contribution in [3.05, 3.63) is 36.2 Å². The number of aromatic nitrogens is 2. The lowest BCUT2D eigenvalue weighted by molar-refractivity contribution is 0.0501. The van der Waals surface area contributed by atoms with Crippen molar-refractivity contribution in [1.82, 2.24) is 9.97 Å². The van der Waals surface area contributed by atoms with E-state index in [2.05, 4.69) is 9.97 Å². The molecule has 0 amide bonds. The summed E-state index contributed by atoms with van der Waals surface area (Å²) in [6.45, 7) is 0.308. The largest absolute Gasteiger partial charge is 0.481 e. The van der Waals surface area contributed by atoms with Crippen LogP contribution in [-0.2, 0) is 9.47 Å². The monoisotopic (exact) mass is 366 g/mol. The van der Waals surface area contributed by atoms with Crippen LogP contribution in [0, 0.1) is 0 Å². The number of carbonyl (C=O) groups is 1. The van der Waals surface area contributed by atoms with E-state index in [-0.39, 0.29) is 13.6 Å². The summed E-state index contributed by atoms with van der Waals surface area (Å²) in [5, 5.41) is 0. The zero-order valence-electron chi connectivity index (χ0n) is 15.1. The van der Waals surface area contributed by atoms with Crippen molar-refractivity contribution in [3.8, 4) is 23.3 Å². The van der Waals surface area contributed by atoms with Crippen LogP contribution in [0.15, 0.2) is 30.6 Å². The molecule has 2 aromatic rings. The SMILES string of the molecule is COCOc1ccc(OC)nc1.COCOc1cnc(OC)cc1C=O. The van der Waals surface area contributed by atoms with E-state index in [9.17, 15) is 4.79 Å². The van der Waals surface area contributed by atoms with E-state index in [0.29, 0.717) is 35.1 Å². The van der Waals surface area contributed by atoms with E-state index in [1.165, 1.54) is 26.5 Å². The Labute approximate surface area is 151 Å². The highest BCUT2D eigenvalue weighted by molar-refractivity contribution is 5.79. The van der Waals surface area contributed by atoms with E-state index in [1.54, 1.807) is 32.5 Å². The molecule has 26 heavy (non-hydrogen) atoms. The van der Waals surface area contributed by atoms with Gasteiger partial charge in [0.2, 0.25) is 11.8 Å². The van der Waals surface area contributed by atoms with Gasteiger partial charge in [0.15, 0.2) is 25.6 Å². The van der Waals surface area contributed by atoms with Crippen molar-refractivity contribution < 1.29 is 33.2 Å². The van der Waals surface area contributed by atoms with Crippen molar-refractivity contribution in [3.63, 3.8) is 0 Å². The zero-order chi connectivity index (χ0) is 19.2. The molecule has 142 valence electrons. The van der Waals surface area contributed by atoms with Crippen molar-refractivity contribution in [1.29, 1.82) is 0 Å². The molecule has 0 fully saturated rings. The molecule has 2 rings (SSSR count). The van der Waals surface area contributed by atoms with Gasteiger partial charge in [-0.1, -0.05) is 0 Å². The van der Waals surface area contributed by atoms with Gasteiger partial charge in [0.25, 0.3) is 0 Å². The molecular formula is C17H22N2O7. The molecule has 0 atom stereocenters. The van der Waals surface area contributed by atoms with Crippen LogP contribution in [-0.4, -0.2) is 58.3 Å². The predicted molar refractivity (Wildman–Crippen MR) is 92.0 cm³/mol. The van der Waals surface area contributed by atoms with Crippen LogP contribution in [0.3, 0.4) is 0 Å². The summed E-state index contributed by atoms with van der Waals surface area (Å²) in [5.41, 5.74) is 0.383. The average Bonchev–Trinajstić information content (AvgIpc) is 2.71. The third-order valence-corrected chi connectivity index (χ3v) is 2.80. The number of hydrogen-bond donors (Lipinski definition) is 0. The molecule has 0 aliphatic rings. The maximum Gasteiger partial charge on any atom is 0.213 e. The van der Waals surface area contributed by atoms with Gasteiger partial charge in [-0.25, -0.2) is 9.97 Å². The number of nitrogens with zero attached hydrogens (tertiary/aromatic N) is 2. The molecular weight excluding hydrogens is 344 g/mol. The molecule has 9 heteroatoms. The fourth-order valence-corrected chi connectivity index (χ4v) is 1.58. The summed E-state index contributed by atoms with van der Waals surface area (Å²) < 4.78 is 29.4. The van der Waals surface area contributed by atoms with E-state index in [4.69, 9.17) is 28.4 Å². The van der Waals surface area contributed by atoms with E-state index in [1.807, 2.05) is 0 Å². The highest BCUT2D eigenvalue weighted by Crippen LogP contribution is 2.19. The minimum absolute atomic E-state index is 0.0782. The fraction of sp³-hybridized carbons (Fsp3) is 0.353. The molecule has 0 aliphatic carbocycles. The van der Waals surface area contributed by atoms with Crippen LogP contribution in [0.1, 0.15) is 10.4 Å². The number of carbonyl (C=O) groups excluding carboxylic acids is 1. The topological polar surface area (TPSA) is 98.2 Å². The number of aldehydes is 1. The quantitative estimate of drug-likeness (QED) is 0.487. The lowest BCUT2D eigenvalue weighted by Gasteiger charge is -2.07. The first-order valence-electron chi connectivity index (χ1n) is 7.41. The summed E-state index contributed by atoms with van der Waals surface area (Å²) >= 11 is 0. The molecule has 9 nitrogen and oxygen atoms in total. The van der Waals surface area contributed by atoms with Gasteiger partial charge in [0, 0.05) is 26.4 Å². The number of methoxy groups -OCH3 is 4. The lowest BCUT2D eigenvalue weighted by atomic mass is 10.3. The standard InChI is InChI=1S/C9H11NO4.C8H11NO3/c1-12-6-14-8-4-10-9(13-2)3-7(8)5-11;1-10-6-12-7-3-4-8(11-2)9-5-7/h3-5H,6H2,1-2H3;3-5H,6H2,1-2H3. The number of pyridine rings is 2. The first-order chi connectivity index (χ1) is 12.7. The Bertz CT molecular complexity index is 650. The zero-order valence-corrected chi connectivity index (χ0v) is 15.1. The Morgan fingerprint density at radius 1 is 0.885 bits per heavy atom. The number of rotatable bonds is 9. The van der Waals surface area contributed by atoms with Gasteiger partial charge in [-0.15, -0.1) is 0 Å². The second-order valence-electron chi connectivity index (χ2n) is 4.52. The van der Waals surface area contributed by atoms with E-state index in [0.717, 1.165) is 0 Å². The minimum atomic E-state index is 0.0782. The van der Waals surface area contributed by atoms with Gasteiger partial charge in [0.05, 0.1) is 32.2 Å². The molecule has 0 spiro atoms. The van der Waals surface area contributed by atoms with Crippen LogP contribution in [0.25, 0.3) is 0 Å². The van der Waals surface area contributed by atoms with Crippen LogP contribution < -0.4 is 18.9 Å². The Morgan fingerprint density at radius 3 is 2.08 bits per heavy atom. The molecule has 2 aromatic heterocycles. The van der Waals surface area contributed by atoms with Crippen LogP contribution >= 0.6 is 0 Å². The highest BCUT2D eigenvalue weighted by Gasteiger charge is 2.05. The van der Waals surface area contributed by atoms with Crippen molar-refractivity contribution in [2.24, 2.45) is 0 Å². The van der Waals surface area contributed by atoms with Crippen molar-refractivity contribution >= 4 is 6.29 Å². The normalized spacial score (nSPS) is 9.54. The lowest BCUT2D eigenvalue weighted by Crippen LogP contribution is -2.02. The Morgan fingerprint density at radius 2 is 1.54 bits per heavy atom. The van der Waals surface area contributed by atoms with Gasteiger partial charge in [-0.05, 0) is 6.07 Å². The van der Waals surface area contributed by atoms with Gasteiger partial charge in [-0.3, -0.25) is 4.79 Å². The second-order valence-corrected chi connectivity index (χ2v) is 4.52. The first kappa shape index (κ1) is 21.1. The van der Waals surface area contributed by atoms with Crippen LogP contribution in [0.4, 0.5) is 0 Å². The number of ether oxygens (including phenoxy) is 6. The Kier molecular flexibility index (Phi) is 10.1. The van der Waals surface area contributed by atoms with Gasteiger partial charge < -0.3 is 28.4 Å². The summed E-state index contributed by atoms with van der Waals surface area (Å²) in [6, 6.07) is 4.99. The van der Waals surface area contributed by atoms with Crippen molar-refractivity contribution in [2.75, 3.05) is 42.0 Å². The molecule has 2 heterocycles. The maximum absolute atomic E-state index is 10.7. The summed E-state index contributed by atoms with van der Waals surface area (Å²) in [4.78, 5) is 18.5. The first-order valence-corrected chi connectivity index (χ1v) is 7.41. The molecule has 0 unspecified atom stereocenters. The molecule has 0 N–H and O–H groups in total. The molecule has 0 bridgehead atoms. The summed E-state index contributed by atoms with van der Waals surface area (Å²) in [6.07, 6.45) is 3.68. The third-order valence-electron chi connectivity index (χ3n) is 2.80. The van der Waals surface area contributed by atoms with Gasteiger partial charge in [0.1, 0.15) is 5.75 Å². The van der Waals surface area contributed by atoms with E-state index >= 15 is 0 Å². The third kappa shape index (κ3) is 7.32. The molecule has 0 aliphatic heterocycles. The van der Waals surface area contributed by atoms with Gasteiger partial charge in [-0.2, -0.15) is 0 Å². The predicted octanol–water partition coefficient (Wildman–Crippen LogP) is 1.96. The van der Waals surface area contributed by atoms with Gasteiger partial charge >= 0.3 is 0 Å². The second kappa shape index (κ2) is 12.5. The average molecular weight is 366 g/mol. The molecule has 0 radical (unpaired) electrons. The molecule has 0 aromatic carbocycles. The van der Waals surface area contributed by atoms with Crippen molar-refractivity contribution in [2.45, 2.75) is 0 Å². The molecule has 0 saturated heterocycles. The molecule has 0 saturated carbocycles. The highest BCUT2D eigenvalue weighted by atomic mass is 16.7. The van der Waals surface area contributed by atoms with Crippen LogP contribution in [0.2, 0.25) is 0 Å². The number of hydrogen-bond acceptors (Lipinski definition) is 9. The smallest absolute Gasteiger partial charge is 0.213 e. The summed E-state index contributed by atoms with van der Waals surface area (Å²) in [7, 11) is 6.11.